The highest BCUT2D eigenvalue weighted by atomic mass is 19.1. The molecule has 0 aliphatic rings. The lowest BCUT2D eigenvalue weighted by Crippen LogP contribution is -2.31. The zero-order valence-electron chi connectivity index (χ0n) is 19.0. The summed E-state index contributed by atoms with van der Waals surface area (Å²) < 4.78 is 34.9. The third-order valence-corrected chi connectivity index (χ3v) is 5.36. The number of hydrogen-bond acceptors (Lipinski definition) is 3. The molecule has 0 spiro atoms. The van der Waals surface area contributed by atoms with Crippen LogP contribution in [0.5, 0.6) is 11.6 Å². The van der Waals surface area contributed by atoms with Crippen molar-refractivity contribution in [1.82, 2.24) is 14.7 Å². The molecule has 34 heavy (non-hydrogen) atoms. The largest absolute Gasteiger partial charge is 0.439 e. The Morgan fingerprint density at radius 1 is 0.971 bits per heavy atom. The fourth-order valence-electron chi connectivity index (χ4n) is 3.78. The summed E-state index contributed by atoms with van der Waals surface area (Å²) in [5.74, 6) is -0.217. The Balaban J connectivity index is 1.76. The maximum Gasteiger partial charge on any atom is 0.254 e. The van der Waals surface area contributed by atoms with E-state index in [9.17, 15) is 13.6 Å². The van der Waals surface area contributed by atoms with Crippen molar-refractivity contribution in [2.75, 3.05) is 6.54 Å². The quantitative estimate of drug-likeness (QED) is 0.313. The predicted molar refractivity (Wildman–Crippen MR) is 127 cm³/mol. The van der Waals surface area contributed by atoms with Crippen molar-refractivity contribution in [1.29, 1.82) is 0 Å². The minimum Gasteiger partial charge on any atom is -0.439 e. The third-order valence-electron chi connectivity index (χ3n) is 5.36. The average molecular weight is 462 g/mol. The van der Waals surface area contributed by atoms with Crippen LogP contribution >= 0.6 is 0 Å². The summed E-state index contributed by atoms with van der Waals surface area (Å²) in [5, 5.41) is 4.67. The first-order chi connectivity index (χ1) is 16.5. The number of aromatic nitrogens is 2. The van der Waals surface area contributed by atoms with Crippen LogP contribution in [0.3, 0.4) is 0 Å². The number of amides is 1. The highest BCUT2D eigenvalue weighted by Crippen LogP contribution is 2.34. The Morgan fingerprint density at radius 3 is 2.38 bits per heavy atom. The van der Waals surface area contributed by atoms with E-state index in [-0.39, 0.29) is 23.8 Å². The predicted octanol–water partition coefficient (Wildman–Crippen LogP) is 6.21. The highest BCUT2D eigenvalue weighted by molar-refractivity contribution is 5.94. The molecule has 0 atom stereocenters. The molecule has 0 bridgehead atoms. The first-order valence-corrected chi connectivity index (χ1v) is 11.1. The number of halogens is 2. The molecule has 5 nitrogen and oxygen atoms in total. The van der Waals surface area contributed by atoms with Crippen molar-refractivity contribution < 1.29 is 18.3 Å². The van der Waals surface area contributed by atoms with Crippen LogP contribution in [0.25, 0.3) is 11.3 Å². The van der Waals surface area contributed by atoms with Crippen molar-refractivity contribution in [2.45, 2.75) is 19.9 Å². The normalized spacial score (nSPS) is 10.8. The van der Waals surface area contributed by atoms with Crippen molar-refractivity contribution >= 4 is 5.91 Å². The number of carbonyl (C=O) groups excluding carboxylic acids is 1. The van der Waals surface area contributed by atoms with Crippen molar-refractivity contribution in [3.05, 3.63) is 102 Å². The zero-order chi connectivity index (χ0) is 24.1. The Kier molecular flexibility index (Phi) is 7.01. The standard InChI is InChI=1S/C27H25F2N3O2/c1-3-16-32(26(33)20-10-7-11-22(29)17-20)18-24-25(19-8-5-4-6-9-19)30-31(2)27(24)34-23-14-12-21(28)13-15-23/h4-15,17H,3,16,18H2,1-2H3. The molecule has 0 radical (unpaired) electrons. The molecule has 4 rings (SSSR count). The van der Waals surface area contributed by atoms with E-state index in [1.54, 1.807) is 22.7 Å². The summed E-state index contributed by atoms with van der Waals surface area (Å²) in [6, 6.07) is 21.0. The van der Waals surface area contributed by atoms with E-state index in [0.29, 0.717) is 29.4 Å². The summed E-state index contributed by atoms with van der Waals surface area (Å²) in [4.78, 5) is 15.0. The fraction of sp³-hybridized carbons (Fsp3) is 0.185. The van der Waals surface area contributed by atoms with Crippen LogP contribution in [0.1, 0.15) is 29.3 Å². The Morgan fingerprint density at radius 2 is 1.71 bits per heavy atom. The van der Waals surface area contributed by atoms with Crippen LogP contribution in [-0.4, -0.2) is 27.1 Å². The molecule has 7 heteroatoms. The minimum absolute atomic E-state index is 0.206. The zero-order valence-corrected chi connectivity index (χ0v) is 19.0. The van der Waals surface area contributed by atoms with E-state index in [1.807, 2.05) is 37.3 Å². The molecule has 3 aromatic carbocycles. The molecule has 0 saturated carbocycles. The number of aryl methyl sites for hydroxylation is 1. The number of nitrogens with zero attached hydrogens (tertiary/aromatic N) is 3. The van der Waals surface area contributed by atoms with Crippen molar-refractivity contribution in [3.8, 4) is 22.9 Å². The van der Waals surface area contributed by atoms with Gasteiger partial charge in [-0.05, 0) is 48.9 Å². The fourth-order valence-corrected chi connectivity index (χ4v) is 3.78. The molecule has 0 unspecified atom stereocenters. The second-order valence-electron chi connectivity index (χ2n) is 7.91. The second-order valence-corrected chi connectivity index (χ2v) is 7.91. The van der Waals surface area contributed by atoms with Gasteiger partial charge in [0.1, 0.15) is 23.1 Å². The summed E-state index contributed by atoms with van der Waals surface area (Å²) in [7, 11) is 1.76. The lowest BCUT2D eigenvalue weighted by Gasteiger charge is -2.23. The van der Waals surface area contributed by atoms with E-state index in [2.05, 4.69) is 5.10 Å². The van der Waals surface area contributed by atoms with Crippen LogP contribution in [0, 0.1) is 11.6 Å². The summed E-state index contributed by atoms with van der Waals surface area (Å²) in [5.41, 5.74) is 2.53. The lowest BCUT2D eigenvalue weighted by molar-refractivity contribution is 0.0742. The molecule has 1 amide bonds. The smallest absolute Gasteiger partial charge is 0.254 e. The molecule has 1 aromatic heterocycles. The minimum atomic E-state index is -0.464. The molecule has 0 N–H and O–H groups in total. The maximum atomic E-state index is 13.8. The summed E-state index contributed by atoms with van der Waals surface area (Å²) >= 11 is 0. The van der Waals surface area contributed by atoms with Crippen LogP contribution in [0.4, 0.5) is 8.78 Å². The van der Waals surface area contributed by atoms with Gasteiger partial charge < -0.3 is 9.64 Å². The topological polar surface area (TPSA) is 47.4 Å². The molecule has 0 saturated heterocycles. The van der Waals surface area contributed by atoms with Gasteiger partial charge in [-0.15, -0.1) is 0 Å². The molecular formula is C27H25F2N3O2. The van der Waals surface area contributed by atoms with Gasteiger partial charge in [0, 0.05) is 24.7 Å². The van der Waals surface area contributed by atoms with E-state index in [1.165, 1.54) is 42.5 Å². The number of carbonyl (C=O) groups is 1. The molecule has 0 aliphatic heterocycles. The average Bonchev–Trinajstić information content (AvgIpc) is 3.15. The Labute approximate surface area is 197 Å². The molecular weight excluding hydrogens is 436 g/mol. The van der Waals surface area contributed by atoms with Crippen LogP contribution in [-0.2, 0) is 13.6 Å². The Bertz CT molecular complexity index is 1270. The molecule has 0 aliphatic carbocycles. The van der Waals surface area contributed by atoms with Gasteiger partial charge in [0.2, 0.25) is 5.88 Å². The molecule has 4 aromatic rings. The summed E-state index contributed by atoms with van der Waals surface area (Å²) in [6.07, 6.45) is 0.718. The monoisotopic (exact) mass is 461 g/mol. The first-order valence-electron chi connectivity index (χ1n) is 11.1. The van der Waals surface area contributed by atoms with Crippen LogP contribution in [0.15, 0.2) is 78.9 Å². The molecule has 1 heterocycles. The van der Waals surface area contributed by atoms with E-state index >= 15 is 0 Å². The van der Waals surface area contributed by atoms with E-state index in [0.717, 1.165) is 12.0 Å². The maximum absolute atomic E-state index is 13.8. The Hall–Kier alpha value is -4.00. The van der Waals surface area contributed by atoms with Crippen molar-refractivity contribution in [2.24, 2.45) is 7.05 Å². The van der Waals surface area contributed by atoms with Gasteiger partial charge >= 0.3 is 0 Å². The van der Waals surface area contributed by atoms with Crippen LogP contribution in [0.2, 0.25) is 0 Å². The lowest BCUT2D eigenvalue weighted by atomic mass is 10.1. The highest BCUT2D eigenvalue weighted by Gasteiger charge is 2.25. The van der Waals surface area contributed by atoms with Gasteiger partial charge in [-0.25, -0.2) is 13.5 Å². The third kappa shape index (κ3) is 5.14. The van der Waals surface area contributed by atoms with E-state index < -0.39 is 5.82 Å². The van der Waals surface area contributed by atoms with Crippen LogP contribution < -0.4 is 4.74 Å². The van der Waals surface area contributed by atoms with Gasteiger partial charge in [-0.2, -0.15) is 5.10 Å². The molecule has 174 valence electrons. The van der Waals surface area contributed by atoms with E-state index in [4.69, 9.17) is 4.74 Å². The van der Waals surface area contributed by atoms with Gasteiger partial charge in [-0.3, -0.25) is 4.79 Å². The summed E-state index contributed by atoms with van der Waals surface area (Å²) in [6.45, 7) is 2.65. The number of rotatable bonds is 8. The number of benzene rings is 3. The van der Waals surface area contributed by atoms with Gasteiger partial charge in [0.15, 0.2) is 0 Å². The SMILES string of the molecule is CCCN(Cc1c(-c2ccccc2)nn(C)c1Oc1ccc(F)cc1)C(=O)c1cccc(F)c1. The first kappa shape index (κ1) is 23.2. The van der Waals surface area contributed by atoms with Crippen molar-refractivity contribution in [3.63, 3.8) is 0 Å². The number of ether oxygens (including phenoxy) is 1. The molecule has 0 fully saturated rings. The van der Waals surface area contributed by atoms with Gasteiger partial charge in [0.25, 0.3) is 5.91 Å². The van der Waals surface area contributed by atoms with Gasteiger partial charge in [-0.1, -0.05) is 43.3 Å². The van der Waals surface area contributed by atoms with Gasteiger partial charge in [0.05, 0.1) is 12.1 Å². The number of hydrogen-bond donors (Lipinski definition) is 0. The second kappa shape index (κ2) is 10.3.